The first-order valence-electron chi connectivity index (χ1n) is 4.63. The maximum atomic E-state index is 11.2. The predicted molar refractivity (Wildman–Crippen MR) is 44.7 cm³/mol. The van der Waals surface area contributed by atoms with Crippen molar-refractivity contribution in [2.45, 2.75) is 25.3 Å². The number of nitrogens with zero attached hydrogens (tertiary/aromatic N) is 1. The molecule has 68 valence electrons. The van der Waals surface area contributed by atoms with E-state index in [2.05, 4.69) is 4.90 Å². The van der Waals surface area contributed by atoms with E-state index in [9.17, 15) is 4.79 Å². The molecule has 0 unspecified atom stereocenters. The predicted octanol–water partition coefficient (Wildman–Crippen LogP) is 0.644. The molecule has 12 heavy (non-hydrogen) atoms. The highest BCUT2D eigenvalue weighted by Crippen LogP contribution is 2.31. The Morgan fingerprint density at radius 3 is 3.08 bits per heavy atom. The normalized spacial score (nSPS) is 35.1. The molecule has 0 N–H and O–H groups in total. The lowest BCUT2D eigenvalue weighted by Gasteiger charge is -2.12. The van der Waals surface area contributed by atoms with Gasteiger partial charge in [0, 0.05) is 12.6 Å². The van der Waals surface area contributed by atoms with Crippen LogP contribution in [0.5, 0.6) is 0 Å². The Labute approximate surface area is 72.7 Å². The minimum absolute atomic E-state index is 0.0237. The summed E-state index contributed by atoms with van der Waals surface area (Å²) in [4.78, 5) is 13.6. The van der Waals surface area contributed by atoms with Crippen molar-refractivity contribution in [3.63, 3.8) is 0 Å². The number of fused-ring (bicyclic) bond motifs is 1. The Kier molecular flexibility index (Phi) is 2.05. The molecule has 0 saturated carbocycles. The summed E-state index contributed by atoms with van der Waals surface area (Å²) in [5.74, 6) is 0.129. The van der Waals surface area contributed by atoms with Gasteiger partial charge in [-0.15, -0.1) is 0 Å². The third-order valence-electron chi connectivity index (χ3n) is 3.05. The van der Waals surface area contributed by atoms with Gasteiger partial charge in [-0.25, -0.2) is 0 Å². The summed E-state index contributed by atoms with van der Waals surface area (Å²) in [5.41, 5.74) is 0. The zero-order chi connectivity index (χ0) is 8.55. The summed E-state index contributed by atoms with van der Waals surface area (Å²) in [7, 11) is 1.48. The van der Waals surface area contributed by atoms with Crippen molar-refractivity contribution in [1.82, 2.24) is 4.90 Å². The van der Waals surface area contributed by atoms with Gasteiger partial charge >= 0.3 is 5.97 Å². The molecule has 3 heteroatoms. The van der Waals surface area contributed by atoms with Crippen molar-refractivity contribution in [1.29, 1.82) is 0 Å². The van der Waals surface area contributed by atoms with Crippen LogP contribution in [0.15, 0.2) is 0 Å². The average Bonchev–Trinajstić information content (AvgIpc) is 2.60. The number of esters is 1. The lowest BCUT2D eigenvalue weighted by molar-refractivity contribution is -0.145. The molecule has 0 amide bonds. The SMILES string of the molecule is COC(=O)[C@H]1C[C@@H]2CCCN2C1. The number of methoxy groups -OCH3 is 1. The van der Waals surface area contributed by atoms with E-state index in [4.69, 9.17) is 4.74 Å². The average molecular weight is 169 g/mol. The fourth-order valence-corrected chi connectivity index (χ4v) is 2.43. The summed E-state index contributed by atoms with van der Waals surface area (Å²) in [6.45, 7) is 2.11. The van der Waals surface area contributed by atoms with Crippen molar-refractivity contribution in [2.75, 3.05) is 20.2 Å². The Morgan fingerprint density at radius 2 is 2.42 bits per heavy atom. The maximum absolute atomic E-state index is 11.2. The zero-order valence-corrected chi connectivity index (χ0v) is 7.45. The van der Waals surface area contributed by atoms with Gasteiger partial charge in [0.25, 0.3) is 0 Å². The van der Waals surface area contributed by atoms with Gasteiger partial charge in [-0.1, -0.05) is 0 Å². The molecule has 2 rings (SSSR count). The van der Waals surface area contributed by atoms with E-state index in [0.29, 0.717) is 6.04 Å². The fraction of sp³-hybridized carbons (Fsp3) is 0.889. The van der Waals surface area contributed by atoms with E-state index >= 15 is 0 Å². The molecule has 0 spiro atoms. The molecule has 2 saturated heterocycles. The van der Waals surface area contributed by atoms with Gasteiger partial charge in [0.2, 0.25) is 0 Å². The number of carbonyl (C=O) groups excluding carboxylic acids is 1. The Bertz CT molecular complexity index is 181. The van der Waals surface area contributed by atoms with Crippen LogP contribution in [0.25, 0.3) is 0 Å². The molecule has 2 atom stereocenters. The highest BCUT2D eigenvalue weighted by Gasteiger charge is 2.38. The molecule has 0 aromatic heterocycles. The summed E-state index contributed by atoms with van der Waals surface area (Å²) >= 11 is 0. The van der Waals surface area contributed by atoms with Crippen LogP contribution in [0.4, 0.5) is 0 Å². The van der Waals surface area contributed by atoms with Crippen LogP contribution in [-0.2, 0) is 9.53 Å². The maximum Gasteiger partial charge on any atom is 0.310 e. The third kappa shape index (κ3) is 1.22. The molecule has 0 aromatic rings. The fourth-order valence-electron chi connectivity index (χ4n) is 2.43. The number of rotatable bonds is 1. The molecule has 2 heterocycles. The quantitative estimate of drug-likeness (QED) is 0.540. The van der Waals surface area contributed by atoms with E-state index < -0.39 is 0 Å². The number of hydrogen-bond donors (Lipinski definition) is 0. The van der Waals surface area contributed by atoms with Gasteiger partial charge in [-0.2, -0.15) is 0 Å². The lowest BCUT2D eigenvalue weighted by atomic mass is 10.0. The Balaban J connectivity index is 1.94. The molecular formula is C9H15NO2. The second-order valence-electron chi connectivity index (χ2n) is 3.75. The first-order chi connectivity index (χ1) is 5.81. The number of carbonyl (C=O) groups is 1. The highest BCUT2D eigenvalue weighted by molar-refractivity contribution is 5.73. The van der Waals surface area contributed by atoms with Crippen LogP contribution in [-0.4, -0.2) is 37.1 Å². The Morgan fingerprint density at radius 1 is 1.58 bits per heavy atom. The summed E-state index contributed by atoms with van der Waals surface area (Å²) < 4.78 is 4.73. The van der Waals surface area contributed by atoms with E-state index in [0.717, 1.165) is 13.0 Å². The second kappa shape index (κ2) is 3.05. The minimum atomic E-state index is -0.0237. The summed E-state index contributed by atoms with van der Waals surface area (Å²) in [6, 6.07) is 0.675. The monoisotopic (exact) mass is 169 g/mol. The smallest absolute Gasteiger partial charge is 0.310 e. The molecule has 2 aliphatic rings. The molecule has 0 radical (unpaired) electrons. The topological polar surface area (TPSA) is 29.5 Å². The van der Waals surface area contributed by atoms with E-state index in [1.165, 1.54) is 26.5 Å². The number of hydrogen-bond acceptors (Lipinski definition) is 3. The van der Waals surface area contributed by atoms with Gasteiger partial charge in [-0.05, 0) is 25.8 Å². The van der Waals surface area contributed by atoms with E-state index in [1.807, 2.05) is 0 Å². The molecule has 3 nitrogen and oxygen atoms in total. The van der Waals surface area contributed by atoms with Crippen LogP contribution in [0.1, 0.15) is 19.3 Å². The van der Waals surface area contributed by atoms with Gasteiger partial charge in [-0.3, -0.25) is 9.69 Å². The first-order valence-corrected chi connectivity index (χ1v) is 4.63. The third-order valence-corrected chi connectivity index (χ3v) is 3.05. The Hall–Kier alpha value is -0.570. The standard InChI is InChI=1S/C9H15NO2/c1-12-9(11)7-5-8-3-2-4-10(8)6-7/h7-8H,2-6H2,1H3/t7-,8-/m0/s1. The minimum Gasteiger partial charge on any atom is -0.469 e. The van der Waals surface area contributed by atoms with Crippen molar-refractivity contribution in [3.8, 4) is 0 Å². The number of ether oxygens (including phenoxy) is 1. The molecule has 2 fully saturated rings. The van der Waals surface area contributed by atoms with Gasteiger partial charge in [0.05, 0.1) is 13.0 Å². The van der Waals surface area contributed by atoms with Crippen LogP contribution in [0, 0.1) is 5.92 Å². The first kappa shape index (κ1) is 8.05. The van der Waals surface area contributed by atoms with Crippen LogP contribution < -0.4 is 0 Å². The molecule has 0 aliphatic carbocycles. The van der Waals surface area contributed by atoms with Gasteiger partial charge < -0.3 is 4.74 Å². The summed E-state index contributed by atoms with van der Waals surface area (Å²) in [5, 5.41) is 0. The molecule has 0 bridgehead atoms. The lowest BCUT2D eigenvalue weighted by Crippen LogP contribution is -2.24. The van der Waals surface area contributed by atoms with Crippen molar-refractivity contribution < 1.29 is 9.53 Å². The van der Waals surface area contributed by atoms with E-state index in [-0.39, 0.29) is 11.9 Å². The van der Waals surface area contributed by atoms with Crippen molar-refractivity contribution in [2.24, 2.45) is 5.92 Å². The summed E-state index contributed by atoms with van der Waals surface area (Å²) in [6.07, 6.45) is 3.60. The molecular weight excluding hydrogens is 154 g/mol. The van der Waals surface area contributed by atoms with Crippen molar-refractivity contribution in [3.05, 3.63) is 0 Å². The highest BCUT2D eigenvalue weighted by atomic mass is 16.5. The molecule has 2 aliphatic heterocycles. The van der Waals surface area contributed by atoms with Crippen LogP contribution in [0.2, 0.25) is 0 Å². The van der Waals surface area contributed by atoms with Gasteiger partial charge in [0.1, 0.15) is 0 Å². The van der Waals surface area contributed by atoms with E-state index in [1.54, 1.807) is 0 Å². The van der Waals surface area contributed by atoms with Crippen molar-refractivity contribution >= 4 is 5.97 Å². The van der Waals surface area contributed by atoms with Gasteiger partial charge in [0.15, 0.2) is 0 Å². The van der Waals surface area contributed by atoms with Crippen LogP contribution >= 0.6 is 0 Å². The molecule has 0 aromatic carbocycles. The zero-order valence-electron chi connectivity index (χ0n) is 7.45. The largest absolute Gasteiger partial charge is 0.469 e. The van der Waals surface area contributed by atoms with Crippen LogP contribution in [0.3, 0.4) is 0 Å². The second-order valence-corrected chi connectivity index (χ2v) is 3.75.